The van der Waals surface area contributed by atoms with Crippen LogP contribution in [-0.2, 0) is 19.4 Å². The van der Waals surface area contributed by atoms with Crippen molar-refractivity contribution in [3.63, 3.8) is 0 Å². The van der Waals surface area contributed by atoms with E-state index in [-0.39, 0.29) is 0 Å². The number of hydrogen-bond donors (Lipinski definition) is 1. The van der Waals surface area contributed by atoms with Gasteiger partial charge in [0.1, 0.15) is 5.82 Å². The fourth-order valence-electron chi connectivity index (χ4n) is 3.09. The number of rotatable bonds is 6. The molecule has 0 fully saturated rings. The molecular weight excluding hydrogens is 258 g/mol. The van der Waals surface area contributed by atoms with E-state index in [4.69, 9.17) is 0 Å². The van der Waals surface area contributed by atoms with E-state index in [0.717, 1.165) is 31.8 Å². The SMILES string of the molecule is CC(CCc1ccccc1)NCC1CCn2ccnc2C1. The summed E-state index contributed by atoms with van der Waals surface area (Å²) in [6.07, 6.45) is 8.76. The first kappa shape index (κ1) is 14.3. The number of nitrogens with one attached hydrogen (secondary N) is 1. The van der Waals surface area contributed by atoms with Gasteiger partial charge in [0, 0.05) is 31.4 Å². The molecule has 2 heterocycles. The van der Waals surface area contributed by atoms with Gasteiger partial charge in [-0.05, 0) is 44.2 Å². The zero-order chi connectivity index (χ0) is 14.5. The molecule has 112 valence electrons. The van der Waals surface area contributed by atoms with Crippen molar-refractivity contribution in [2.24, 2.45) is 5.92 Å². The van der Waals surface area contributed by atoms with E-state index in [1.165, 1.54) is 24.2 Å². The van der Waals surface area contributed by atoms with Crippen LogP contribution in [0, 0.1) is 5.92 Å². The number of imidazole rings is 1. The molecule has 0 spiro atoms. The molecule has 0 saturated carbocycles. The van der Waals surface area contributed by atoms with Crippen LogP contribution in [0.25, 0.3) is 0 Å². The highest BCUT2D eigenvalue weighted by Gasteiger charge is 2.19. The second-order valence-corrected chi connectivity index (χ2v) is 6.23. The summed E-state index contributed by atoms with van der Waals surface area (Å²) in [4.78, 5) is 4.45. The Kier molecular flexibility index (Phi) is 4.71. The molecule has 0 amide bonds. The summed E-state index contributed by atoms with van der Waals surface area (Å²) in [7, 11) is 0. The topological polar surface area (TPSA) is 29.9 Å². The summed E-state index contributed by atoms with van der Waals surface area (Å²) >= 11 is 0. The Morgan fingerprint density at radius 2 is 2.19 bits per heavy atom. The summed E-state index contributed by atoms with van der Waals surface area (Å²) in [5, 5.41) is 3.71. The first-order valence-electron chi connectivity index (χ1n) is 8.08. The molecule has 1 aliphatic heterocycles. The quantitative estimate of drug-likeness (QED) is 0.883. The number of nitrogens with zero attached hydrogens (tertiary/aromatic N) is 2. The van der Waals surface area contributed by atoms with Crippen LogP contribution < -0.4 is 5.32 Å². The Hall–Kier alpha value is -1.61. The zero-order valence-electron chi connectivity index (χ0n) is 12.8. The van der Waals surface area contributed by atoms with E-state index in [0.29, 0.717) is 6.04 Å². The molecule has 0 radical (unpaired) electrons. The van der Waals surface area contributed by atoms with Crippen LogP contribution in [0.4, 0.5) is 0 Å². The fourth-order valence-corrected chi connectivity index (χ4v) is 3.09. The first-order chi connectivity index (χ1) is 10.3. The number of benzene rings is 1. The zero-order valence-corrected chi connectivity index (χ0v) is 12.8. The van der Waals surface area contributed by atoms with Gasteiger partial charge in [-0.1, -0.05) is 30.3 Å². The maximum absolute atomic E-state index is 4.45. The summed E-state index contributed by atoms with van der Waals surface area (Å²) < 4.78 is 2.29. The first-order valence-corrected chi connectivity index (χ1v) is 8.08. The largest absolute Gasteiger partial charge is 0.335 e. The molecular formula is C18H25N3. The number of hydrogen-bond acceptors (Lipinski definition) is 2. The maximum Gasteiger partial charge on any atom is 0.108 e. The van der Waals surface area contributed by atoms with Gasteiger partial charge in [0.15, 0.2) is 0 Å². The minimum atomic E-state index is 0.576. The Morgan fingerprint density at radius 1 is 1.33 bits per heavy atom. The number of aromatic nitrogens is 2. The van der Waals surface area contributed by atoms with Gasteiger partial charge >= 0.3 is 0 Å². The third kappa shape index (κ3) is 3.94. The molecule has 21 heavy (non-hydrogen) atoms. The second kappa shape index (κ2) is 6.90. The average molecular weight is 283 g/mol. The van der Waals surface area contributed by atoms with Crippen molar-refractivity contribution >= 4 is 0 Å². The average Bonchev–Trinajstić information content (AvgIpc) is 2.99. The van der Waals surface area contributed by atoms with Gasteiger partial charge in [0.05, 0.1) is 0 Å². The van der Waals surface area contributed by atoms with Crippen molar-refractivity contribution in [1.82, 2.24) is 14.9 Å². The van der Waals surface area contributed by atoms with Crippen LogP contribution in [-0.4, -0.2) is 22.1 Å². The van der Waals surface area contributed by atoms with Crippen LogP contribution in [0.3, 0.4) is 0 Å². The lowest BCUT2D eigenvalue weighted by Crippen LogP contribution is -2.34. The monoisotopic (exact) mass is 283 g/mol. The van der Waals surface area contributed by atoms with Crippen LogP contribution in [0.15, 0.2) is 42.7 Å². The normalized spacial score (nSPS) is 19.2. The maximum atomic E-state index is 4.45. The minimum Gasteiger partial charge on any atom is -0.335 e. The van der Waals surface area contributed by atoms with Crippen LogP contribution in [0.5, 0.6) is 0 Å². The Bertz CT molecular complexity index is 547. The van der Waals surface area contributed by atoms with Crippen LogP contribution >= 0.6 is 0 Å². The molecule has 2 unspecified atom stereocenters. The van der Waals surface area contributed by atoms with E-state index in [1.54, 1.807) is 0 Å². The van der Waals surface area contributed by atoms with Crippen molar-refractivity contribution < 1.29 is 0 Å². The molecule has 1 aromatic heterocycles. The predicted molar refractivity (Wildman–Crippen MR) is 86.3 cm³/mol. The highest BCUT2D eigenvalue weighted by molar-refractivity contribution is 5.14. The van der Waals surface area contributed by atoms with Crippen molar-refractivity contribution in [3.05, 3.63) is 54.1 Å². The predicted octanol–water partition coefficient (Wildman–Crippen LogP) is 3.06. The van der Waals surface area contributed by atoms with Gasteiger partial charge in [0.25, 0.3) is 0 Å². The minimum absolute atomic E-state index is 0.576. The van der Waals surface area contributed by atoms with E-state index in [2.05, 4.69) is 58.3 Å². The molecule has 2 atom stereocenters. The highest BCUT2D eigenvalue weighted by atomic mass is 15.1. The second-order valence-electron chi connectivity index (χ2n) is 6.23. The third-order valence-electron chi connectivity index (χ3n) is 4.52. The number of aryl methyl sites for hydroxylation is 2. The van der Waals surface area contributed by atoms with E-state index in [1.807, 2.05) is 6.20 Å². The molecule has 1 N–H and O–H groups in total. The summed E-state index contributed by atoms with van der Waals surface area (Å²) in [6, 6.07) is 11.3. The standard InChI is InChI=1S/C18H25N3/c1-15(7-8-16-5-3-2-4-6-16)20-14-17-9-11-21-12-10-19-18(21)13-17/h2-6,10,12,15,17,20H,7-9,11,13-14H2,1H3. The Morgan fingerprint density at radius 3 is 3.05 bits per heavy atom. The summed E-state index contributed by atoms with van der Waals surface area (Å²) in [5.41, 5.74) is 1.44. The van der Waals surface area contributed by atoms with Crippen molar-refractivity contribution in [3.8, 4) is 0 Å². The highest BCUT2D eigenvalue weighted by Crippen LogP contribution is 2.18. The molecule has 0 bridgehead atoms. The lowest BCUT2D eigenvalue weighted by molar-refractivity contribution is 0.346. The lowest BCUT2D eigenvalue weighted by atomic mass is 9.97. The molecule has 2 aromatic rings. The van der Waals surface area contributed by atoms with Gasteiger partial charge in [-0.2, -0.15) is 0 Å². The van der Waals surface area contributed by atoms with Gasteiger partial charge in [0.2, 0.25) is 0 Å². The molecule has 1 aliphatic rings. The number of fused-ring (bicyclic) bond motifs is 1. The molecule has 1 aromatic carbocycles. The van der Waals surface area contributed by atoms with Gasteiger partial charge in [-0.25, -0.2) is 4.98 Å². The Labute approximate surface area is 127 Å². The van der Waals surface area contributed by atoms with Crippen molar-refractivity contribution in [2.45, 2.75) is 45.2 Å². The molecule has 0 aliphatic carbocycles. The van der Waals surface area contributed by atoms with Crippen molar-refractivity contribution in [2.75, 3.05) is 6.54 Å². The van der Waals surface area contributed by atoms with Crippen molar-refractivity contribution in [1.29, 1.82) is 0 Å². The molecule has 3 rings (SSSR count). The molecule has 3 nitrogen and oxygen atoms in total. The van der Waals surface area contributed by atoms with E-state index >= 15 is 0 Å². The van der Waals surface area contributed by atoms with Crippen LogP contribution in [0.2, 0.25) is 0 Å². The summed E-state index contributed by atoms with van der Waals surface area (Å²) in [6.45, 7) is 4.54. The van der Waals surface area contributed by atoms with E-state index < -0.39 is 0 Å². The molecule has 0 saturated heterocycles. The smallest absolute Gasteiger partial charge is 0.108 e. The van der Waals surface area contributed by atoms with Gasteiger partial charge < -0.3 is 9.88 Å². The molecule has 3 heteroatoms. The van der Waals surface area contributed by atoms with Gasteiger partial charge in [-0.3, -0.25) is 0 Å². The summed E-state index contributed by atoms with van der Waals surface area (Å²) in [5.74, 6) is 1.99. The fraction of sp³-hybridized carbons (Fsp3) is 0.500. The van der Waals surface area contributed by atoms with E-state index in [9.17, 15) is 0 Å². The third-order valence-corrected chi connectivity index (χ3v) is 4.52. The lowest BCUT2D eigenvalue weighted by Gasteiger charge is -2.25. The Balaban J connectivity index is 1.39. The van der Waals surface area contributed by atoms with Gasteiger partial charge in [-0.15, -0.1) is 0 Å². The van der Waals surface area contributed by atoms with Crippen LogP contribution in [0.1, 0.15) is 31.2 Å².